The lowest BCUT2D eigenvalue weighted by atomic mass is 10.1. The van der Waals surface area contributed by atoms with Crippen molar-refractivity contribution in [1.29, 1.82) is 0 Å². The molecule has 0 saturated heterocycles. The molecule has 26 heavy (non-hydrogen) atoms. The van der Waals surface area contributed by atoms with Gasteiger partial charge in [0.25, 0.3) is 11.9 Å². The number of fused-ring (bicyclic) bond motifs is 1. The molecule has 12 nitrogen and oxygen atoms in total. The van der Waals surface area contributed by atoms with Gasteiger partial charge in [0.2, 0.25) is 0 Å². The van der Waals surface area contributed by atoms with Gasteiger partial charge in [-0.25, -0.2) is 4.52 Å². The molecule has 1 amide bonds. The van der Waals surface area contributed by atoms with E-state index >= 15 is 0 Å². The van der Waals surface area contributed by atoms with Crippen molar-refractivity contribution >= 4 is 23.2 Å². The predicted octanol–water partition coefficient (Wildman–Crippen LogP) is 3.24. The molecule has 0 aliphatic rings. The number of hydrazine groups is 1. The van der Waals surface area contributed by atoms with Crippen molar-refractivity contribution in [2.45, 2.75) is 6.54 Å². The number of anilines is 1. The number of hydrogen-bond acceptors (Lipinski definition) is 6. The van der Waals surface area contributed by atoms with E-state index in [4.69, 9.17) is 11.1 Å². The third-order valence-electron chi connectivity index (χ3n) is 3.25. The van der Waals surface area contributed by atoms with Crippen molar-refractivity contribution in [3.63, 3.8) is 0 Å². The third-order valence-corrected chi connectivity index (χ3v) is 3.25. The third kappa shape index (κ3) is 3.79. The Bertz CT molecular complexity index is 1030. The molecule has 0 fully saturated rings. The molecule has 0 bridgehead atoms. The fourth-order valence-electron chi connectivity index (χ4n) is 2.19. The van der Waals surface area contributed by atoms with Crippen LogP contribution in [0.15, 0.2) is 52.8 Å². The van der Waals surface area contributed by atoms with Gasteiger partial charge in [-0.2, -0.15) is 4.98 Å². The number of amides is 1. The van der Waals surface area contributed by atoms with Gasteiger partial charge in [0.1, 0.15) is 0 Å². The Kier molecular flexibility index (Phi) is 4.80. The van der Waals surface area contributed by atoms with Gasteiger partial charge in [-0.05, 0) is 47.0 Å². The zero-order valence-corrected chi connectivity index (χ0v) is 13.2. The molecule has 0 atom stereocenters. The summed E-state index contributed by atoms with van der Waals surface area (Å²) >= 11 is 0. The zero-order valence-electron chi connectivity index (χ0n) is 13.2. The molecule has 0 radical (unpaired) electrons. The number of carbonyl (C=O) groups excluding carboxylic acids is 1. The molecule has 0 unspecified atom stereocenters. The van der Waals surface area contributed by atoms with Crippen LogP contribution in [-0.4, -0.2) is 20.5 Å². The van der Waals surface area contributed by atoms with Crippen LogP contribution >= 0.6 is 0 Å². The van der Waals surface area contributed by atoms with Gasteiger partial charge < -0.3 is 0 Å². The summed E-state index contributed by atoms with van der Waals surface area (Å²) in [4.78, 5) is 21.9. The van der Waals surface area contributed by atoms with Crippen LogP contribution in [-0.2, 0) is 6.54 Å². The minimum Gasteiger partial charge on any atom is -0.267 e. The van der Waals surface area contributed by atoms with Crippen molar-refractivity contribution in [3.8, 4) is 0 Å². The van der Waals surface area contributed by atoms with E-state index in [-0.39, 0.29) is 23.7 Å². The summed E-state index contributed by atoms with van der Waals surface area (Å²) in [6.45, 7) is 0.0208. The zero-order chi connectivity index (χ0) is 18.4. The maximum Gasteiger partial charge on any atom is 0.269 e. The van der Waals surface area contributed by atoms with E-state index in [9.17, 15) is 4.79 Å². The second-order valence-electron chi connectivity index (χ2n) is 4.98. The van der Waals surface area contributed by atoms with Gasteiger partial charge >= 0.3 is 0 Å². The average molecular weight is 349 g/mol. The minimum absolute atomic E-state index is 0.0208. The highest BCUT2D eigenvalue weighted by atomic mass is 16.2. The molecular formula is C14H11N11O. The van der Waals surface area contributed by atoms with E-state index in [1.54, 1.807) is 22.8 Å². The lowest BCUT2D eigenvalue weighted by Gasteiger charge is -2.07. The normalized spacial score (nSPS) is 9.85. The molecule has 2 heterocycles. The smallest absolute Gasteiger partial charge is 0.267 e. The second kappa shape index (κ2) is 7.53. The number of azide groups is 2. The topological polar surface area (TPSA) is 169 Å². The van der Waals surface area contributed by atoms with Crippen LogP contribution in [0.4, 0.5) is 11.6 Å². The van der Waals surface area contributed by atoms with Crippen molar-refractivity contribution in [3.05, 3.63) is 74.6 Å². The Morgan fingerprint density at radius 1 is 1.23 bits per heavy atom. The largest absolute Gasteiger partial charge is 0.269 e. The molecule has 3 aromatic rings. The Labute approximate surface area is 145 Å². The summed E-state index contributed by atoms with van der Waals surface area (Å²) in [5.41, 5.74) is 23.7. The quantitative estimate of drug-likeness (QED) is 0.301. The monoisotopic (exact) mass is 349 g/mol. The summed E-state index contributed by atoms with van der Waals surface area (Å²) in [5, 5.41) is 11.1. The highest BCUT2D eigenvalue weighted by Gasteiger charge is 2.10. The van der Waals surface area contributed by atoms with E-state index in [1.165, 1.54) is 18.2 Å². The lowest BCUT2D eigenvalue weighted by molar-refractivity contribution is 0.0962. The first-order valence-electron chi connectivity index (χ1n) is 7.27. The molecule has 0 spiro atoms. The van der Waals surface area contributed by atoms with Crippen molar-refractivity contribution < 1.29 is 4.79 Å². The summed E-state index contributed by atoms with van der Waals surface area (Å²) in [5.74, 6) is -0.286. The first-order chi connectivity index (χ1) is 12.7. The van der Waals surface area contributed by atoms with Crippen molar-refractivity contribution in [1.82, 2.24) is 20.0 Å². The van der Waals surface area contributed by atoms with Crippen LogP contribution in [0.3, 0.4) is 0 Å². The predicted molar refractivity (Wildman–Crippen MR) is 92.2 cm³/mol. The highest BCUT2D eigenvalue weighted by molar-refractivity contribution is 5.95. The minimum atomic E-state index is -0.499. The van der Waals surface area contributed by atoms with E-state index in [0.29, 0.717) is 11.2 Å². The molecule has 0 saturated carbocycles. The molecule has 2 N–H and O–H groups in total. The van der Waals surface area contributed by atoms with Gasteiger partial charge in [0.15, 0.2) is 5.65 Å². The number of hydrogen-bond donors (Lipinski definition) is 2. The van der Waals surface area contributed by atoms with Gasteiger partial charge in [0, 0.05) is 27.3 Å². The van der Waals surface area contributed by atoms with Crippen LogP contribution in [0.5, 0.6) is 0 Å². The summed E-state index contributed by atoms with van der Waals surface area (Å²) < 4.78 is 1.55. The Balaban J connectivity index is 1.78. The van der Waals surface area contributed by atoms with Crippen LogP contribution in [0, 0.1) is 0 Å². The molecule has 2 aromatic heterocycles. The Morgan fingerprint density at radius 2 is 2.12 bits per heavy atom. The lowest BCUT2D eigenvalue weighted by Crippen LogP contribution is -2.30. The number of nitrogens with one attached hydrogen (secondary N) is 2. The fourth-order valence-corrected chi connectivity index (χ4v) is 2.19. The van der Waals surface area contributed by atoms with Crippen molar-refractivity contribution in [2.75, 3.05) is 5.43 Å². The molecule has 0 aliphatic heterocycles. The summed E-state index contributed by atoms with van der Waals surface area (Å²) in [6, 6.07) is 9.86. The molecule has 1 aromatic carbocycles. The first kappa shape index (κ1) is 16.6. The Hall–Kier alpha value is -4.27. The number of aromatic nitrogens is 3. The van der Waals surface area contributed by atoms with E-state index in [1.807, 2.05) is 6.07 Å². The van der Waals surface area contributed by atoms with E-state index in [0.717, 1.165) is 0 Å². The Morgan fingerprint density at radius 3 is 2.88 bits per heavy atom. The first-order valence-corrected chi connectivity index (χ1v) is 7.27. The van der Waals surface area contributed by atoms with Crippen LogP contribution in [0.2, 0.25) is 0 Å². The van der Waals surface area contributed by atoms with Gasteiger partial charge in [-0.3, -0.25) is 15.6 Å². The van der Waals surface area contributed by atoms with Crippen LogP contribution < -0.4 is 10.9 Å². The van der Waals surface area contributed by atoms with Gasteiger partial charge in [-0.1, -0.05) is 16.3 Å². The number of carbonyl (C=O) groups is 1. The maximum atomic E-state index is 12.3. The fraction of sp³-hybridized carbons (Fsp3) is 0.0714. The number of nitrogens with zero attached hydrogens (tertiary/aromatic N) is 9. The molecular weight excluding hydrogens is 338 g/mol. The van der Waals surface area contributed by atoms with E-state index in [2.05, 4.69) is 41.0 Å². The number of benzene rings is 1. The number of pyridine rings is 1. The van der Waals surface area contributed by atoms with Gasteiger partial charge in [-0.15, -0.1) is 5.10 Å². The molecule has 3 rings (SSSR count). The van der Waals surface area contributed by atoms with Crippen molar-refractivity contribution in [2.24, 2.45) is 10.2 Å². The summed E-state index contributed by atoms with van der Waals surface area (Å²) in [7, 11) is 0. The SMILES string of the molecule is [N-]=[N+]=NCc1cc(N=[N+]=[N-])cc(C(=O)NNc2nc3ccccn3n2)c1. The van der Waals surface area contributed by atoms with E-state index < -0.39 is 5.91 Å². The van der Waals surface area contributed by atoms with Gasteiger partial charge in [0.05, 0.1) is 6.54 Å². The van der Waals surface area contributed by atoms with Crippen LogP contribution in [0.25, 0.3) is 26.5 Å². The van der Waals surface area contributed by atoms with Crippen LogP contribution in [0.1, 0.15) is 15.9 Å². The molecule has 128 valence electrons. The number of rotatable bonds is 6. The standard InChI is InChI=1S/C14H11N11O/c15-23-17-8-9-5-10(7-11(6-9)19-24-16)13(26)20-21-14-18-12-3-1-2-4-25(12)22-14/h1-7H,8H2,(H,20,26)(H,21,22). The molecule has 12 heteroatoms. The second-order valence-corrected chi connectivity index (χ2v) is 4.98. The maximum absolute atomic E-state index is 12.3. The molecule has 0 aliphatic carbocycles. The highest BCUT2D eigenvalue weighted by Crippen LogP contribution is 2.19. The average Bonchev–Trinajstić information content (AvgIpc) is 3.07. The summed E-state index contributed by atoms with van der Waals surface area (Å²) in [6.07, 6.45) is 1.72.